The summed E-state index contributed by atoms with van der Waals surface area (Å²) in [6.45, 7) is 0.544. The molecule has 0 aliphatic heterocycles. The van der Waals surface area contributed by atoms with E-state index in [1.54, 1.807) is 12.1 Å². The van der Waals surface area contributed by atoms with Crippen molar-refractivity contribution in [1.82, 2.24) is 5.32 Å². The van der Waals surface area contributed by atoms with Gasteiger partial charge in [-0.25, -0.2) is 4.79 Å². The molecule has 0 heterocycles. The van der Waals surface area contributed by atoms with E-state index in [9.17, 15) is 9.59 Å². The van der Waals surface area contributed by atoms with Crippen LogP contribution in [0.1, 0.15) is 36.0 Å². The molecule has 2 rings (SSSR count). The van der Waals surface area contributed by atoms with Crippen LogP contribution in [0.2, 0.25) is 0 Å². The number of amides is 1. The Hall–Kier alpha value is -2.24. The minimum absolute atomic E-state index is 0.0602. The van der Waals surface area contributed by atoms with E-state index in [1.807, 2.05) is 0 Å². The van der Waals surface area contributed by atoms with Gasteiger partial charge in [-0.2, -0.15) is 0 Å². The van der Waals surface area contributed by atoms with Crippen LogP contribution >= 0.6 is 0 Å². The standard InChI is InChI=1S/C14H19N3O3/c15-9-3-6-12(11(8-9)14(19)20)16-7-1-2-13(18)17-10-4-5-10/h3,6,8,10,16H,1-2,4-5,7,15H2,(H,17,18)(H,19,20). The van der Waals surface area contributed by atoms with Gasteiger partial charge in [0, 0.05) is 30.4 Å². The molecule has 0 bridgehead atoms. The number of carbonyl (C=O) groups is 2. The number of nitrogens with one attached hydrogen (secondary N) is 2. The highest BCUT2D eigenvalue weighted by atomic mass is 16.4. The zero-order valence-electron chi connectivity index (χ0n) is 11.2. The Kier molecular flexibility index (Phi) is 4.45. The van der Waals surface area contributed by atoms with E-state index in [1.165, 1.54) is 6.07 Å². The summed E-state index contributed by atoms with van der Waals surface area (Å²) in [5, 5.41) is 15.0. The van der Waals surface area contributed by atoms with Crippen LogP contribution in [0, 0.1) is 0 Å². The Labute approximate surface area is 117 Å². The minimum atomic E-state index is -1.02. The molecule has 1 amide bonds. The van der Waals surface area contributed by atoms with Gasteiger partial charge in [-0.05, 0) is 37.5 Å². The second-order valence-electron chi connectivity index (χ2n) is 4.98. The summed E-state index contributed by atoms with van der Waals surface area (Å²) in [5.74, 6) is -0.962. The fourth-order valence-corrected chi connectivity index (χ4v) is 1.89. The Morgan fingerprint density at radius 3 is 2.75 bits per heavy atom. The first-order valence-electron chi connectivity index (χ1n) is 6.72. The van der Waals surface area contributed by atoms with E-state index in [4.69, 9.17) is 10.8 Å². The Bertz CT molecular complexity index is 512. The van der Waals surface area contributed by atoms with Crippen molar-refractivity contribution in [3.8, 4) is 0 Å². The van der Waals surface area contributed by atoms with E-state index < -0.39 is 5.97 Å². The van der Waals surface area contributed by atoms with Crippen molar-refractivity contribution in [3.05, 3.63) is 23.8 Å². The maximum absolute atomic E-state index is 11.5. The number of aromatic carboxylic acids is 1. The second kappa shape index (κ2) is 6.27. The van der Waals surface area contributed by atoms with Gasteiger partial charge in [0.1, 0.15) is 0 Å². The number of nitrogens with two attached hydrogens (primary N) is 1. The van der Waals surface area contributed by atoms with Crippen molar-refractivity contribution < 1.29 is 14.7 Å². The van der Waals surface area contributed by atoms with Crippen LogP contribution in [-0.4, -0.2) is 29.6 Å². The van der Waals surface area contributed by atoms with Crippen molar-refractivity contribution in [2.24, 2.45) is 0 Å². The Morgan fingerprint density at radius 1 is 1.35 bits per heavy atom. The molecule has 0 atom stereocenters. The highest BCUT2D eigenvalue weighted by molar-refractivity contribution is 5.95. The Balaban J connectivity index is 1.78. The number of nitrogen functional groups attached to an aromatic ring is 1. The molecule has 0 spiro atoms. The molecule has 1 aromatic rings. The molecule has 0 saturated heterocycles. The highest BCUT2D eigenvalue weighted by Crippen LogP contribution is 2.20. The smallest absolute Gasteiger partial charge is 0.337 e. The number of hydrogen-bond donors (Lipinski definition) is 4. The first-order valence-corrected chi connectivity index (χ1v) is 6.72. The largest absolute Gasteiger partial charge is 0.478 e. The van der Waals surface area contributed by atoms with Crippen molar-refractivity contribution in [3.63, 3.8) is 0 Å². The van der Waals surface area contributed by atoms with Gasteiger partial charge < -0.3 is 21.5 Å². The topological polar surface area (TPSA) is 104 Å². The average molecular weight is 277 g/mol. The lowest BCUT2D eigenvalue weighted by molar-refractivity contribution is -0.121. The van der Waals surface area contributed by atoms with Crippen molar-refractivity contribution in [1.29, 1.82) is 0 Å². The molecule has 1 aliphatic carbocycles. The highest BCUT2D eigenvalue weighted by Gasteiger charge is 2.22. The summed E-state index contributed by atoms with van der Waals surface area (Å²) in [6.07, 6.45) is 3.26. The maximum Gasteiger partial charge on any atom is 0.337 e. The molecule has 0 aromatic heterocycles. The van der Waals surface area contributed by atoms with E-state index in [0.717, 1.165) is 12.8 Å². The van der Waals surface area contributed by atoms with Crippen LogP contribution in [0.25, 0.3) is 0 Å². The van der Waals surface area contributed by atoms with Gasteiger partial charge in [-0.3, -0.25) is 4.79 Å². The fraction of sp³-hybridized carbons (Fsp3) is 0.429. The molecule has 1 fully saturated rings. The van der Waals surface area contributed by atoms with E-state index in [2.05, 4.69) is 10.6 Å². The quantitative estimate of drug-likeness (QED) is 0.446. The third-order valence-electron chi connectivity index (χ3n) is 3.11. The van der Waals surface area contributed by atoms with Crippen molar-refractivity contribution >= 4 is 23.3 Å². The lowest BCUT2D eigenvalue weighted by Crippen LogP contribution is -2.25. The maximum atomic E-state index is 11.5. The molecule has 20 heavy (non-hydrogen) atoms. The van der Waals surface area contributed by atoms with Gasteiger partial charge in [0.05, 0.1) is 5.56 Å². The van der Waals surface area contributed by atoms with Crippen molar-refractivity contribution in [2.75, 3.05) is 17.6 Å². The normalized spacial score (nSPS) is 13.8. The van der Waals surface area contributed by atoms with E-state index >= 15 is 0 Å². The second-order valence-corrected chi connectivity index (χ2v) is 4.98. The molecular weight excluding hydrogens is 258 g/mol. The lowest BCUT2D eigenvalue weighted by Gasteiger charge is -2.10. The van der Waals surface area contributed by atoms with Gasteiger partial charge in [0.2, 0.25) is 5.91 Å². The number of carboxylic acids is 1. The molecule has 1 aromatic carbocycles. The van der Waals surface area contributed by atoms with Gasteiger partial charge in [-0.1, -0.05) is 0 Å². The Morgan fingerprint density at radius 2 is 2.10 bits per heavy atom. The third-order valence-corrected chi connectivity index (χ3v) is 3.11. The number of carbonyl (C=O) groups excluding carboxylic acids is 1. The van der Waals surface area contributed by atoms with Gasteiger partial charge in [-0.15, -0.1) is 0 Å². The first-order chi connectivity index (χ1) is 9.56. The summed E-state index contributed by atoms with van der Waals surface area (Å²) >= 11 is 0. The zero-order valence-corrected chi connectivity index (χ0v) is 11.2. The number of anilines is 2. The molecule has 0 unspecified atom stereocenters. The molecule has 1 aliphatic rings. The van der Waals surface area contributed by atoms with Crippen LogP contribution in [0.5, 0.6) is 0 Å². The molecular formula is C14H19N3O3. The molecule has 6 nitrogen and oxygen atoms in total. The minimum Gasteiger partial charge on any atom is -0.478 e. The molecule has 0 radical (unpaired) electrons. The number of hydrogen-bond acceptors (Lipinski definition) is 4. The summed E-state index contributed by atoms with van der Waals surface area (Å²) in [5.41, 5.74) is 6.65. The van der Waals surface area contributed by atoms with Crippen LogP contribution in [0.3, 0.4) is 0 Å². The summed E-state index contributed by atoms with van der Waals surface area (Å²) in [4.78, 5) is 22.6. The van der Waals surface area contributed by atoms with Gasteiger partial charge in [0.15, 0.2) is 0 Å². The van der Waals surface area contributed by atoms with E-state index in [0.29, 0.717) is 36.8 Å². The number of benzene rings is 1. The van der Waals surface area contributed by atoms with E-state index in [-0.39, 0.29) is 11.5 Å². The third kappa shape index (κ3) is 4.15. The van der Waals surface area contributed by atoms with Gasteiger partial charge >= 0.3 is 5.97 Å². The first kappa shape index (κ1) is 14.2. The zero-order chi connectivity index (χ0) is 14.5. The lowest BCUT2D eigenvalue weighted by atomic mass is 10.1. The van der Waals surface area contributed by atoms with Gasteiger partial charge in [0.25, 0.3) is 0 Å². The predicted molar refractivity (Wildman–Crippen MR) is 76.7 cm³/mol. The van der Waals surface area contributed by atoms with Crippen LogP contribution < -0.4 is 16.4 Å². The molecule has 5 N–H and O–H groups in total. The van der Waals surface area contributed by atoms with Crippen molar-refractivity contribution in [2.45, 2.75) is 31.7 Å². The number of rotatable bonds is 7. The fourth-order valence-electron chi connectivity index (χ4n) is 1.89. The monoisotopic (exact) mass is 277 g/mol. The van der Waals surface area contributed by atoms with Crippen LogP contribution in [-0.2, 0) is 4.79 Å². The summed E-state index contributed by atoms with van der Waals surface area (Å²) in [6, 6.07) is 5.09. The molecule has 108 valence electrons. The van der Waals surface area contributed by atoms with Crippen LogP contribution in [0.15, 0.2) is 18.2 Å². The van der Waals surface area contributed by atoms with Crippen LogP contribution in [0.4, 0.5) is 11.4 Å². The molecule has 6 heteroatoms. The summed E-state index contributed by atoms with van der Waals surface area (Å²) in [7, 11) is 0. The SMILES string of the molecule is Nc1ccc(NCCCC(=O)NC2CC2)c(C(=O)O)c1. The predicted octanol–water partition coefficient (Wildman–Crippen LogP) is 1.44. The molecule has 1 saturated carbocycles. The number of carboxylic acid groups (broad SMARTS) is 1. The average Bonchev–Trinajstić information content (AvgIpc) is 3.19. The summed E-state index contributed by atoms with van der Waals surface area (Å²) < 4.78 is 0.